The summed E-state index contributed by atoms with van der Waals surface area (Å²) in [6.07, 6.45) is 0.826. The third kappa shape index (κ3) is 4.16. The summed E-state index contributed by atoms with van der Waals surface area (Å²) in [5, 5.41) is 0. The van der Waals surface area contributed by atoms with Gasteiger partial charge in [-0.3, -0.25) is 9.59 Å². The van der Waals surface area contributed by atoms with Crippen molar-refractivity contribution in [2.24, 2.45) is 0 Å². The van der Waals surface area contributed by atoms with Crippen LogP contribution in [0.2, 0.25) is 6.32 Å². The van der Waals surface area contributed by atoms with Crippen LogP contribution in [-0.2, 0) is 9.59 Å². The molecule has 1 amide bonds. The minimum absolute atomic E-state index is 0.00903. The Morgan fingerprint density at radius 3 is 2.33 bits per heavy atom. The molecule has 0 aliphatic heterocycles. The van der Waals surface area contributed by atoms with E-state index in [-0.39, 0.29) is 24.6 Å². The maximum Gasteiger partial charge on any atom is 0.214 e. The van der Waals surface area contributed by atoms with Gasteiger partial charge in [-0.25, -0.2) is 0 Å². The van der Waals surface area contributed by atoms with Crippen molar-refractivity contribution in [1.29, 1.82) is 0 Å². The van der Waals surface area contributed by atoms with Crippen molar-refractivity contribution >= 4 is 19.5 Å². The molecule has 0 fully saturated rings. The molecule has 0 aromatic rings. The number of nitrogens with zero attached hydrogens (tertiary/aromatic N) is 1. The van der Waals surface area contributed by atoms with Crippen molar-refractivity contribution in [1.82, 2.24) is 4.90 Å². The van der Waals surface area contributed by atoms with Crippen LogP contribution in [0.4, 0.5) is 0 Å². The fraction of sp³-hybridized carbons (Fsp3) is 0.750. The molecule has 0 aliphatic carbocycles. The van der Waals surface area contributed by atoms with Gasteiger partial charge in [0.1, 0.15) is 5.78 Å². The molecule has 4 heteroatoms. The minimum atomic E-state index is -0.160. The summed E-state index contributed by atoms with van der Waals surface area (Å²) in [6.45, 7) is 4.21. The van der Waals surface area contributed by atoms with Crippen LogP contribution in [0.5, 0.6) is 0 Å². The fourth-order valence-corrected chi connectivity index (χ4v) is 0.960. The predicted molar refractivity (Wildman–Crippen MR) is 48.1 cm³/mol. The monoisotopic (exact) mass is 167 g/mol. The molecule has 0 unspecified atom stereocenters. The van der Waals surface area contributed by atoms with Gasteiger partial charge in [0.2, 0.25) is 5.91 Å². The van der Waals surface area contributed by atoms with E-state index in [1.807, 2.05) is 6.92 Å². The molecule has 0 N–H and O–H groups in total. The molecule has 0 aliphatic rings. The highest BCUT2D eigenvalue weighted by Crippen LogP contribution is 1.95. The number of carbonyl (C=O) groups excluding carboxylic acids is 2. The molecular weight excluding hydrogens is 153 g/mol. The lowest BCUT2D eigenvalue weighted by atomic mass is 10.0. The average molecular weight is 167 g/mol. The van der Waals surface area contributed by atoms with Crippen molar-refractivity contribution in [2.75, 3.05) is 13.1 Å². The van der Waals surface area contributed by atoms with E-state index >= 15 is 0 Å². The molecule has 66 valence electrons. The maximum absolute atomic E-state index is 11.1. The number of hydrogen-bond donors (Lipinski definition) is 0. The Balaban J connectivity index is 4.02. The van der Waals surface area contributed by atoms with Crippen LogP contribution in [0.1, 0.15) is 20.3 Å². The van der Waals surface area contributed by atoms with Crippen LogP contribution in [0.3, 0.4) is 0 Å². The molecule has 0 atom stereocenters. The Kier molecular flexibility index (Phi) is 5.42. The topological polar surface area (TPSA) is 37.4 Å². The fourth-order valence-electron chi connectivity index (χ4n) is 0.960. The van der Waals surface area contributed by atoms with Gasteiger partial charge in [-0.1, -0.05) is 6.92 Å². The van der Waals surface area contributed by atoms with Gasteiger partial charge in [0, 0.05) is 6.54 Å². The number of rotatable bonds is 5. The molecule has 0 spiro atoms. The molecular formula is C8H14BNO2. The first kappa shape index (κ1) is 11.2. The van der Waals surface area contributed by atoms with E-state index < -0.39 is 0 Å². The maximum atomic E-state index is 11.1. The standard InChI is InChI=1S/C8H14BNO2/c1-3-4-10(6-7(2)11)8(12)5-9/h3-6H2,1-2H3. The number of Topliss-reactive ketones (excluding diaryl/α,β-unsaturated/α-hetero) is 1. The first-order valence-corrected chi connectivity index (χ1v) is 4.09. The first-order chi connectivity index (χ1) is 5.61. The Hall–Kier alpha value is -0.795. The second kappa shape index (κ2) is 5.80. The van der Waals surface area contributed by atoms with Gasteiger partial charge in [-0.15, -0.1) is 0 Å². The normalized spacial score (nSPS) is 9.50. The van der Waals surface area contributed by atoms with Gasteiger partial charge in [-0.2, -0.15) is 0 Å². The Morgan fingerprint density at radius 1 is 1.42 bits per heavy atom. The lowest BCUT2D eigenvalue weighted by molar-refractivity contribution is -0.132. The summed E-state index contributed by atoms with van der Waals surface area (Å²) in [5.41, 5.74) is 0. The van der Waals surface area contributed by atoms with Crippen molar-refractivity contribution < 1.29 is 9.59 Å². The second-order valence-corrected chi connectivity index (χ2v) is 2.72. The number of amides is 1. The van der Waals surface area contributed by atoms with E-state index in [0.29, 0.717) is 6.54 Å². The highest BCUT2D eigenvalue weighted by atomic mass is 16.2. The molecule has 0 heterocycles. The number of ketones is 1. The Labute approximate surface area is 74.5 Å². The van der Waals surface area contributed by atoms with Crippen molar-refractivity contribution in [3.63, 3.8) is 0 Å². The van der Waals surface area contributed by atoms with Gasteiger partial charge < -0.3 is 4.90 Å². The summed E-state index contributed by atoms with van der Waals surface area (Å²) in [4.78, 5) is 23.3. The molecule has 2 radical (unpaired) electrons. The van der Waals surface area contributed by atoms with E-state index in [9.17, 15) is 9.59 Å². The van der Waals surface area contributed by atoms with Crippen LogP contribution < -0.4 is 0 Å². The summed E-state index contributed by atoms with van der Waals surface area (Å²) >= 11 is 0. The summed E-state index contributed by atoms with van der Waals surface area (Å²) in [6, 6.07) is 0. The zero-order valence-electron chi connectivity index (χ0n) is 7.67. The van der Waals surface area contributed by atoms with E-state index in [4.69, 9.17) is 7.85 Å². The molecule has 0 bridgehead atoms. The Morgan fingerprint density at radius 2 is 2.00 bits per heavy atom. The predicted octanol–water partition coefficient (Wildman–Crippen LogP) is 0.401. The lowest BCUT2D eigenvalue weighted by Crippen LogP contribution is -2.35. The van der Waals surface area contributed by atoms with Gasteiger partial charge in [0.05, 0.1) is 14.4 Å². The van der Waals surface area contributed by atoms with Gasteiger partial charge in [0.25, 0.3) is 0 Å². The van der Waals surface area contributed by atoms with E-state index in [1.54, 1.807) is 0 Å². The van der Waals surface area contributed by atoms with Crippen LogP contribution in [0.25, 0.3) is 0 Å². The summed E-state index contributed by atoms with van der Waals surface area (Å²) < 4.78 is 0. The van der Waals surface area contributed by atoms with Crippen molar-refractivity contribution in [3.05, 3.63) is 0 Å². The van der Waals surface area contributed by atoms with Crippen LogP contribution >= 0.6 is 0 Å². The van der Waals surface area contributed by atoms with Gasteiger partial charge in [0.15, 0.2) is 0 Å². The van der Waals surface area contributed by atoms with E-state index in [2.05, 4.69) is 0 Å². The molecule has 0 rings (SSSR count). The smallest absolute Gasteiger partial charge is 0.214 e. The molecule has 0 aromatic carbocycles. The summed E-state index contributed by atoms with van der Waals surface area (Å²) in [5.74, 6) is -0.169. The van der Waals surface area contributed by atoms with Crippen molar-refractivity contribution in [3.8, 4) is 0 Å². The highest BCUT2D eigenvalue weighted by Gasteiger charge is 2.11. The minimum Gasteiger partial charge on any atom is -0.336 e. The SMILES string of the molecule is [B]CC(=O)N(CCC)CC(C)=O. The molecule has 12 heavy (non-hydrogen) atoms. The lowest BCUT2D eigenvalue weighted by Gasteiger charge is -2.19. The number of hydrogen-bond acceptors (Lipinski definition) is 2. The average Bonchev–Trinajstić information content (AvgIpc) is 2.01. The first-order valence-electron chi connectivity index (χ1n) is 4.09. The second-order valence-electron chi connectivity index (χ2n) is 2.72. The van der Waals surface area contributed by atoms with Gasteiger partial charge in [-0.05, 0) is 19.7 Å². The van der Waals surface area contributed by atoms with Gasteiger partial charge >= 0.3 is 0 Å². The third-order valence-electron chi connectivity index (χ3n) is 1.43. The van der Waals surface area contributed by atoms with E-state index in [0.717, 1.165) is 6.42 Å². The van der Waals surface area contributed by atoms with Crippen LogP contribution in [0, 0.1) is 0 Å². The van der Waals surface area contributed by atoms with Crippen LogP contribution in [0.15, 0.2) is 0 Å². The molecule has 3 nitrogen and oxygen atoms in total. The van der Waals surface area contributed by atoms with Crippen LogP contribution in [-0.4, -0.2) is 37.5 Å². The number of carbonyl (C=O) groups is 2. The zero-order valence-corrected chi connectivity index (χ0v) is 7.67. The quantitative estimate of drug-likeness (QED) is 0.555. The molecule has 0 saturated heterocycles. The zero-order chi connectivity index (χ0) is 9.56. The van der Waals surface area contributed by atoms with E-state index in [1.165, 1.54) is 11.8 Å². The van der Waals surface area contributed by atoms with Crippen molar-refractivity contribution in [2.45, 2.75) is 26.6 Å². The highest BCUT2D eigenvalue weighted by molar-refractivity contribution is 6.19. The molecule has 0 saturated carbocycles. The Bertz CT molecular complexity index is 170. The largest absolute Gasteiger partial charge is 0.336 e. The third-order valence-corrected chi connectivity index (χ3v) is 1.43. The molecule has 0 aromatic heterocycles. The summed E-state index contributed by atoms with van der Waals surface area (Å²) in [7, 11) is 5.18.